The highest BCUT2D eigenvalue weighted by Gasteiger charge is 2.29. The molecule has 2 aromatic heterocycles. The van der Waals surface area contributed by atoms with E-state index in [9.17, 15) is 8.42 Å². The first-order valence-corrected chi connectivity index (χ1v) is 11.8. The van der Waals surface area contributed by atoms with Gasteiger partial charge in [0.25, 0.3) is 5.22 Å². The predicted octanol–water partition coefficient (Wildman–Crippen LogP) is 3.15. The predicted molar refractivity (Wildman–Crippen MR) is 102 cm³/mol. The summed E-state index contributed by atoms with van der Waals surface area (Å²) in [6.07, 6.45) is 1.13. The van der Waals surface area contributed by atoms with Gasteiger partial charge in [-0.15, -0.1) is 10.2 Å². The standard InChI is InChI=1S/C16H15BrN4O4S2/c17-12-3-1-2-11(7-12)15-18-14(25-21-15)8-26-16-20-19-13(24-16)6-10-4-5-27(22,23)9-10/h1-3,7,10H,4-6,8-9H2. The van der Waals surface area contributed by atoms with Crippen molar-refractivity contribution in [3.05, 3.63) is 40.5 Å². The van der Waals surface area contributed by atoms with Crippen LogP contribution >= 0.6 is 27.7 Å². The minimum Gasteiger partial charge on any atom is -0.416 e. The van der Waals surface area contributed by atoms with E-state index in [0.717, 1.165) is 10.0 Å². The average Bonchev–Trinajstić information content (AvgIpc) is 3.34. The topological polar surface area (TPSA) is 112 Å². The van der Waals surface area contributed by atoms with E-state index in [-0.39, 0.29) is 17.4 Å². The van der Waals surface area contributed by atoms with Gasteiger partial charge in [-0.2, -0.15) is 4.98 Å². The van der Waals surface area contributed by atoms with Crippen LogP contribution in [-0.4, -0.2) is 40.3 Å². The molecule has 11 heteroatoms. The number of benzene rings is 1. The molecule has 1 atom stereocenters. The zero-order chi connectivity index (χ0) is 18.9. The molecule has 0 amide bonds. The molecule has 0 N–H and O–H groups in total. The molecule has 8 nitrogen and oxygen atoms in total. The van der Waals surface area contributed by atoms with Crippen LogP contribution in [0.1, 0.15) is 18.2 Å². The molecule has 0 saturated carbocycles. The molecule has 1 saturated heterocycles. The van der Waals surface area contributed by atoms with Crippen molar-refractivity contribution in [1.82, 2.24) is 20.3 Å². The summed E-state index contributed by atoms with van der Waals surface area (Å²) in [5.74, 6) is 2.32. The Labute approximate surface area is 168 Å². The largest absolute Gasteiger partial charge is 0.416 e. The fourth-order valence-electron chi connectivity index (χ4n) is 2.84. The Morgan fingerprint density at radius 3 is 2.93 bits per heavy atom. The maximum Gasteiger partial charge on any atom is 0.277 e. The third-order valence-electron chi connectivity index (χ3n) is 4.11. The van der Waals surface area contributed by atoms with Crippen molar-refractivity contribution in [2.75, 3.05) is 11.5 Å². The fraction of sp³-hybridized carbons (Fsp3) is 0.375. The second kappa shape index (κ2) is 7.72. The van der Waals surface area contributed by atoms with Crippen molar-refractivity contribution < 1.29 is 17.4 Å². The maximum atomic E-state index is 11.5. The smallest absolute Gasteiger partial charge is 0.277 e. The van der Waals surface area contributed by atoms with Crippen LogP contribution in [0.3, 0.4) is 0 Å². The molecular formula is C16H15BrN4O4S2. The molecule has 1 aliphatic heterocycles. The minimum absolute atomic E-state index is 0.0528. The minimum atomic E-state index is -2.90. The van der Waals surface area contributed by atoms with E-state index in [1.807, 2.05) is 24.3 Å². The van der Waals surface area contributed by atoms with Gasteiger partial charge in [0.1, 0.15) is 0 Å². The number of hydrogen-bond donors (Lipinski definition) is 0. The number of halogens is 1. The summed E-state index contributed by atoms with van der Waals surface area (Å²) in [5.41, 5.74) is 0.857. The molecule has 1 aliphatic rings. The van der Waals surface area contributed by atoms with E-state index >= 15 is 0 Å². The summed E-state index contributed by atoms with van der Waals surface area (Å²) in [6.45, 7) is 0. The van der Waals surface area contributed by atoms with Crippen molar-refractivity contribution in [1.29, 1.82) is 0 Å². The van der Waals surface area contributed by atoms with Gasteiger partial charge < -0.3 is 8.94 Å². The van der Waals surface area contributed by atoms with Crippen molar-refractivity contribution in [3.8, 4) is 11.4 Å². The second-order valence-electron chi connectivity index (χ2n) is 6.25. The van der Waals surface area contributed by atoms with E-state index in [1.54, 1.807) is 0 Å². The fourth-order valence-corrected chi connectivity index (χ4v) is 5.72. The Hall–Kier alpha value is -1.72. The molecule has 0 bridgehead atoms. The van der Waals surface area contributed by atoms with Crippen molar-refractivity contribution >= 4 is 37.5 Å². The lowest BCUT2D eigenvalue weighted by molar-refractivity contribution is 0.383. The first-order chi connectivity index (χ1) is 13.0. The molecule has 4 rings (SSSR count). The molecule has 27 heavy (non-hydrogen) atoms. The molecule has 3 aromatic rings. The number of nitrogens with zero attached hydrogens (tertiary/aromatic N) is 4. The van der Waals surface area contributed by atoms with Gasteiger partial charge in [0, 0.05) is 16.5 Å². The van der Waals surface area contributed by atoms with Gasteiger partial charge in [-0.3, -0.25) is 0 Å². The maximum absolute atomic E-state index is 11.5. The van der Waals surface area contributed by atoms with Crippen LogP contribution in [0.2, 0.25) is 0 Å². The number of hydrogen-bond acceptors (Lipinski definition) is 9. The molecule has 0 spiro atoms. The molecule has 3 heterocycles. The zero-order valence-corrected chi connectivity index (χ0v) is 17.3. The Bertz CT molecular complexity index is 1050. The first kappa shape index (κ1) is 18.6. The quantitative estimate of drug-likeness (QED) is 0.501. The molecule has 1 aromatic carbocycles. The van der Waals surface area contributed by atoms with E-state index in [1.165, 1.54) is 11.8 Å². The lowest BCUT2D eigenvalue weighted by Gasteiger charge is -2.01. The van der Waals surface area contributed by atoms with Gasteiger partial charge in [0.15, 0.2) is 9.84 Å². The Kier molecular flexibility index (Phi) is 5.33. The van der Waals surface area contributed by atoms with Crippen LogP contribution < -0.4 is 0 Å². The molecule has 1 fully saturated rings. The van der Waals surface area contributed by atoms with E-state index in [0.29, 0.717) is 41.4 Å². The van der Waals surface area contributed by atoms with Gasteiger partial charge >= 0.3 is 0 Å². The highest BCUT2D eigenvalue weighted by Crippen LogP contribution is 2.26. The second-order valence-corrected chi connectivity index (χ2v) is 10.3. The SMILES string of the molecule is O=S1(=O)CCC(Cc2nnc(SCc3nc(-c4cccc(Br)c4)no3)o2)C1. The highest BCUT2D eigenvalue weighted by molar-refractivity contribution is 9.10. The summed E-state index contributed by atoms with van der Waals surface area (Å²) >= 11 is 4.72. The summed E-state index contributed by atoms with van der Waals surface area (Å²) in [6, 6.07) is 7.64. The Morgan fingerprint density at radius 1 is 1.26 bits per heavy atom. The van der Waals surface area contributed by atoms with E-state index in [2.05, 4.69) is 36.3 Å². The third-order valence-corrected chi connectivity index (χ3v) is 7.24. The molecule has 0 radical (unpaired) electrons. The van der Waals surface area contributed by atoms with Gasteiger partial charge in [-0.25, -0.2) is 8.42 Å². The summed E-state index contributed by atoms with van der Waals surface area (Å²) in [4.78, 5) is 4.37. The summed E-state index contributed by atoms with van der Waals surface area (Å²) < 4.78 is 34.8. The molecule has 1 unspecified atom stereocenters. The van der Waals surface area contributed by atoms with Gasteiger partial charge in [0.2, 0.25) is 17.6 Å². The van der Waals surface area contributed by atoms with Crippen LogP contribution in [0.25, 0.3) is 11.4 Å². The number of rotatable bonds is 6. The van der Waals surface area contributed by atoms with E-state index in [4.69, 9.17) is 8.94 Å². The average molecular weight is 471 g/mol. The summed E-state index contributed by atoms with van der Waals surface area (Å²) in [7, 11) is -2.90. The molecular weight excluding hydrogens is 456 g/mol. The van der Waals surface area contributed by atoms with Gasteiger partial charge in [-0.1, -0.05) is 45.0 Å². The van der Waals surface area contributed by atoms with Crippen LogP contribution in [0.4, 0.5) is 0 Å². The number of aromatic nitrogens is 4. The van der Waals surface area contributed by atoms with Crippen LogP contribution in [0.15, 0.2) is 42.9 Å². The van der Waals surface area contributed by atoms with Crippen LogP contribution in [-0.2, 0) is 22.0 Å². The lowest BCUT2D eigenvalue weighted by Crippen LogP contribution is -2.07. The lowest BCUT2D eigenvalue weighted by atomic mass is 10.1. The third kappa shape index (κ3) is 4.77. The Balaban J connectivity index is 1.34. The zero-order valence-electron chi connectivity index (χ0n) is 14.0. The van der Waals surface area contributed by atoms with Crippen molar-refractivity contribution in [2.45, 2.75) is 23.8 Å². The molecule has 0 aliphatic carbocycles. The van der Waals surface area contributed by atoms with Crippen LogP contribution in [0, 0.1) is 5.92 Å². The van der Waals surface area contributed by atoms with Gasteiger partial charge in [-0.05, 0) is 24.5 Å². The number of sulfone groups is 1. The van der Waals surface area contributed by atoms with Crippen molar-refractivity contribution in [3.63, 3.8) is 0 Å². The monoisotopic (exact) mass is 470 g/mol. The van der Waals surface area contributed by atoms with Crippen molar-refractivity contribution in [2.24, 2.45) is 5.92 Å². The van der Waals surface area contributed by atoms with E-state index < -0.39 is 9.84 Å². The Morgan fingerprint density at radius 2 is 2.15 bits per heavy atom. The molecule has 142 valence electrons. The first-order valence-electron chi connectivity index (χ1n) is 8.21. The highest BCUT2D eigenvalue weighted by atomic mass is 79.9. The number of thioether (sulfide) groups is 1. The normalized spacial score (nSPS) is 18.8. The summed E-state index contributed by atoms with van der Waals surface area (Å²) in [5, 5.41) is 12.4. The van der Waals surface area contributed by atoms with Crippen LogP contribution in [0.5, 0.6) is 0 Å². The van der Waals surface area contributed by atoms with Gasteiger partial charge in [0.05, 0.1) is 17.3 Å².